The van der Waals surface area contributed by atoms with Gasteiger partial charge in [0, 0.05) is 24.2 Å². The van der Waals surface area contributed by atoms with Crippen LogP contribution >= 0.6 is 0 Å². The van der Waals surface area contributed by atoms with Crippen LogP contribution in [0.2, 0.25) is 0 Å². The molecule has 1 atom stereocenters. The Balaban J connectivity index is 1.93. The van der Waals surface area contributed by atoms with E-state index in [2.05, 4.69) is 5.32 Å². The molecule has 0 spiro atoms. The Morgan fingerprint density at radius 2 is 1.83 bits per heavy atom. The number of carboxylic acids is 1. The maximum atomic E-state index is 12.4. The standard InChI is InChI=1S/C22H20N2O5/c1-28-15-8-6-14(7-9-15)24-12-18(22(26)27)20-21(24)17(11-19(25)23-20)13-4-3-5-16(10-13)29-2/h3-10,12,17H,11H2,1-2H3,(H,23,25)(H,26,27)/t17-/m0/s1. The third-order valence-corrected chi connectivity index (χ3v) is 5.10. The van der Waals surface area contributed by atoms with E-state index < -0.39 is 5.97 Å². The lowest BCUT2D eigenvalue weighted by atomic mass is 9.88. The van der Waals surface area contributed by atoms with E-state index in [-0.39, 0.29) is 23.8 Å². The number of hydrogen-bond acceptors (Lipinski definition) is 4. The molecule has 1 aliphatic heterocycles. The van der Waals surface area contributed by atoms with E-state index in [0.717, 1.165) is 16.9 Å². The van der Waals surface area contributed by atoms with Crippen LogP contribution in [-0.2, 0) is 4.79 Å². The van der Waals surface area contributed by atoms with Crippen molar-refractivity contribution in [3.63, 3.8) is 0 Å². The van der Waals surface area contributed by atoms with Crippen LogP contribution in [0.1, 0.15) is 34.0 Å². The molecular weight excluding hydrogens is 372 g/mol. The number of methoxy groups -OCH3 is 2. The Labute approximate surface area is 167 Å². The molecular formula is C22H20N2O5. The number of aromatic carboxylic acids is 1. The molecule has 2 N–H and O–H groups in total. The van der Waals surface area contributed by atoms with Gasteiger partial charge in [-0.15, -0.1) is 0 Å². The van der Waals surface area contributed by atoms with Gasteiger partial charge < -0.3 is 24.5 Å². The zero-order valence-corrected chi connectivity index (χ0v) is 16.0. The monoisotopic (exact) mass is 392 g/mol. The molecule has 2 aromatic carbocycles. The maximum Gasteiger partial charge on any atom is 0.339 e. The van der Waals surface area contributed by atoms with Crippen molar-refractivity contribution in [2.24, 2.45) is 0 Å². The third kappa shape index (κ3) is 3.31. The van der Waals surface area contributed by atoms with Gasteiger partial charge in [0.15, 0.2) is 0 Å². The van der Waals surface area contributed by atoms with Crippen LogP contribution < -0.4 is 14.8 Å². The predicted octanol–water partition coefficient (Wildman–Crippen LogP) is 3.67. The fourth-order valence-electron chi connectivity index (χ4n) is 3.72. The minimum atomic E-state index is -1.10. The number of benzene rings is 2. The van der Waals surface area contributed by atoms with E-state index in [1.54, 1.807) is 20.4 Å². The second kappa shape index (κ2) is 7.35. The van der Waals surface area contributed by atoms with Gasteiger partial charge in [-0.1, -0.05) is 12.1 Å². The summed E-state index contributed by atoms with van der Waals surface area (Å²) in [6.45, 7) is 0. The number of anilines is 1. The summed E-state index contributed by atoms with van der Waals surface area (Å²) in [5.74, 6) is -0.258. The van der Waals surface area contributed by atoms with Gasteiger partial charge in [0.2, 0.25) is 5.91 Å². The Hall–Kier alpha value is -3.74. The number of amides is 1. The van der Waals surface area contributed by atoms with Gasteiger partial charge in [-0.3, -0.25) is 4.79 Å². The summed E-state index contributed by atoms with van der Waals surface area (Å²) in [7, 11) is 3.17. The van der Waals surface area contributed by atoms with Crippen molar-refractivity contribution in [1.29, 1.82) is 0 Å². The highest BCUT2D eigenvalue weighted by molar-refractivity contribution is 6.04. The number of nitrogens with zero attached hydrogens (tertiary/aromatic N) is 1. The largest absolute Gasteiger partial charge is 0.497 e. The summed E-state index contributed by atoms with van der Waals surface area (Å²) >= 11 is 0. The van der Waals surface area contributed by atoms with Gasteiger partial charge in [0.1, 0.15) is 17.1 Å². The number of fused-ring (bicyclic) bond motifs is 1. The summed E-state index contributed by atoms with van der Waals surface area (Å²) in [6, 6.07) is 14.8. The summed E-state index contributed by atoms with van der Waals surface area (Å²) in [5, 5.41) is 12.5. The van der Waals surface area contributed by atoms with Crippen LogP contribution in [0.4, 0.5) is 5.69 Å². The molecule has 4 rings (SSSR count). The van der Waals surface area contributed by atoms with Crippen molar-refractivity contribution in [1.82, 2.24) is 4.57 Å². The molecule has 0 saturated carbocycles. The molecule has 1 amide bonds. The molecule has 148 valence electrons. The number of aromatic nitrogens is 1. The highest BCUT2D eigenvalue weighted by Gasteiger charge is 2.34. The van der Waals surface area contributed by atoms with Gasteiger partial charge in [0.05, 0.1) is 25.6 Å². The Morgan fingerprint density at radius 3 is 2.48 bits per heavy atom. The molecule has 1 aromatic heterocycles. The zero-order chi connectivity index (χ0) is 20.5. The Morgan fingerprint density at radius 1 is 1.10 bits per heavy atom. The minimum absolute atomic E-state index is 0.0526. The first-order valence-corrected chi connectivity index (χ1v) is 9.08. The Bertz CT molecular complexity index is 1090. The molecule has 0 radical (unpaired) electrons. The lowest BCUT2D eigenvalue weighted by Crippen LogP contribution is -2.25. The highest BCUT2D eigenvalue weighted by Crippen LogP contribution is 2.42. The lowest BCUT2D eigenvalue weighted by molar-refractivity contribution is -0.116. The summed E-state index contributed by atoms with van der Waals surface area (Å²) in [6.07, 6.45) is 1.76. The number of hydrogen-bond donors (Lipinski definition) is 2. The zero-order valence-electron chi connectivity index (χ0n) is 16.0. The van der Waals surface area contributed by atoms with E-state index in [9.17, 15) is 14.7 Å². The van der Waals surface area contributed by atoms with Crippen LogP contribution in [0.15, 0.2) is 54.7 Å². The lowest BCUT2D eigenvalue weighted by Gasteiger charge is -2.26. The summed E-state index contributed by atoms with van der Waals surface area (Å²) in [5.41, 5.74) is 2.76. The van der Waals surface area contributed by atoms with E-state index >= 15 is 0 Å². The van der Waals surface area contributed by atoms with Gasteiger partial charge in [-0.2, -0.15) is 0 Å². The van der Waals surface area contributed by atoms with Gasteiger partial charge in [-0.25, -0.2) is 4.79 Å². The molecule has 0 aliphatic carbocycles. The topological polar surface area (TPSA) is 89.8 Å². The van der Waals surface area contributed by atoms with E-state index in [4.69, 9.17) is 9.47 Å². The van der Waals surface area contributed by atoms with Crippen molar-refractivity contribution in [2.45, 2.75) is 12.3 Å². The van der Waals surface area contributed by atoms with Gasteiger partial charge in [-0.05, 0) is 42.0 Å². The normalized spacial score (nSPS) is 15.4. The second-order valence-corrected chi connectivity index (χ2v) is 6.76. The predicted molar refractivity (Wildman–Crippen MR) is 107 cm³/mol. The van der Waals surface area contributed by atoms with Crippen molar-refractivity contribution in [3.05, 3.63) is 71.5 Å². The number of carboxylic acid groups (broad SMARTS) is 1. The van der Waals surface area contributed by atoms with Gasteiger partial charge in [0.25, 0.3) is 0 Å². The van der Waals surface area contributed by atoms with Crippen LogP contribution in [0.3, 0.4) is 0 Å². The molecule has 7 heteroatoms. The molecule has 0 saturated heterocycles. The maximum absolute atomic E-state index is 12.4. The molecule has 29 heavy (non-hydrogen) atoms. The molecule has 0 fully saturated rings. The van der Waals surface area contributed by atoms with E-state index in [1.165, 1.54) is 0 Å². The minimum Gasteiger partial charge on any atom is -0.497 e. The molecule has 1 aliphatic rings. The van der Waals surface area contributed by atoms with Gasteiger partial charge >= 0.3 is 5.97 Å². The number of nitrogens with one attached hydrogen (secondary N) is 1. The number of ether oxygens (including phenoxy) is 2. The molecule has 0 unspecified atom stereocenters. The number of carbonyl (C=O) groups excluding carboxylic acids is 1. The highest BCUT2D eigenvalue weighted by atomic mass is 16.5. The number of rotatable bonds is 5. The molecule has 2 heterocycles. The first-order chi connectivity index (χ1) is 14.0. The van der Waals surface area contributed by atoms with Crippen LogP contribution in [0.25, 0.3) is 5.69 Å². The quantitative estimate of drug-likeness (QED) is 0.692. The number of carbonyl (C=O) groups is 2. The van der Waals surface area contributed by atoms with Crippen LogP contribution in [0.5, 0.6) is 11.5 Å². The first kappa shape index (κ1) is 18.6. The summed E-state index contributed by atoms with van der Waals surface area (Å²) in [4.78, 5) is 24.3. The van der Waals surface area contributed by atoms with E-state index in [1.807, 2.05) is 53.1 Å². The van der Waals surface area contributed by atoms with Crippen molar-refractivity contribution >= 4 is 17.6 Å². The van der Waals surface area contributed by atoms with Crippen molar-refractivity contribution in [2.75, 3.05) is 19.5 Å². The van der Waals surface area contributed by atoms with E-state index in [0.29, 0.717) is 17.2 Å². The fourth-order valence-corrected chi connectivity index (χ4v) is 3.72. The fraction of sp³-hybridized carbons (Fsp3) is 0.182. The van der Waals surface area contributed by atoms with Crippen LogP contribution in [0, 0.1) is 0 Å². The first-order valence-electron chi connectivity index (χ1n) is 9.08. The average Bonchev–Trinajstić information content (AvgIpc) is 3.13. The van der Waals surface area contributed by atoms with Crippen LogP contribution in [-0.4, -0.2) is 35.8 Å². The molecule has 3 aromatic rings. The van der Waals surface area contributed by atoms with Crippen molar-refractivity contribution in [3.8, 4) is 17.2 Å². The Kier molecular flexibility index (Phi) is 4.72. The average molecular weight is 392 g/mol. The van der Waals surface area contributed by atoms with Crippen molar-refractivity contribution < 1.29 is 24.2 Å². The second-order valence-electron chi connectivity index (χ2n) is 6.76. The molecule has 7 nitrogen and oxygen atoms in total. The SMILES string of the molecule is COc1ccc(-n2cc(C(=O)O)c3c2[C@H](c2cccc(OC)c2)CC(=O)N3)cc1. The third-order valence-electron chi connectivity index (χ3n) is 5.10. The molecule has 0 bridgehead atoms. The smallest absolute Gasteiger partial charge is 0.339 e. The summed E-state index contributed by atoms with van der Waals surface area (Å²) < 4.78 is 12.4.